The van der Waals surface area contributed by atoms with Gasteiger partial charge in [0.05, 0.1) is 13.0 Å². The molecule has 0 aliphatic carbocycles. The molecular formula is C22H26N2O3. The molecule has 1 saturated heterocycles. The third-order valence-corrected chi connectivity index (χ3v) is 5.24. The molecule has 1 fully saturated rings. The van der Waals surface area contributed by atoms with E-state index < -0.39 is 0 Å². The van der Waals surface area contributed by atoms with Crippen LogP contribution < -0.4 is 15.0 Å². The SMILES string of the molecule is CC[C@H](C)c1ccccc1NC(=O)[C@H]1CC(=O)N(c2ccc(OC)cc2)C1. The second-order valence-corrected chi connectivity index (χ2v) is 6.99. The molecule has 0 radical (unpaired) electrons. The Balaban J connectivity index is 1.71. The standard InChI is InChI=1S/C22H26N2O3/c1-4-15(2)19-7-5-6-8-20(19)23-22(26)16-13-21(25)24(14-16)17-9-11-18(27-3)12-10-17/h5-12,15-16H,4,13-14H2,1-3H3,(H,23,26)/t15-,16-/m0/s1. The predicted octanol–water partition coefficient (Wildman–Crippen LogP) is 4.20. The number of carbonyl (C=O) groups excluding carboxylic acids is 2. The molecule has 5 nitrogen and oxygen atoms in total. The summed E-state index contributed by atoms with van der Waals surface area (Å²) >= 11 is 0. The van der Waals surface area contributed by atoms with Crippen molar-refractivity contribution in [1.82, 2.24) is 0 Å². The quantitative estimate of drug-likeness (QED) is 0.833. The summed E-state index contributed by atoms with van der Waals surface area (Å²) in [5.74, 6) is 0.610. The van der Waals surface area contributed by atoms with Crippen molar-refractivity contribution in [2.24, 2.45) is 5.92 Å². The van der Waals surface area contributed by atoms with E-state index in [0.29, 0.717) is 12.5 Å². The summed E-state index contributed by atoms with van der Waals surface area (Å²) < 4.78 is 5.16. The van der Waals surface area contributed by atoms with Crippen LogP contribution in [0.5, 0.6) is 5.75 Å². The van der Waals surface area contributed by atoms with Crippen molar-refractivity contribution in [3.05, 3.63) is 54.1 Å². The van der Waals surface area contributed by atoms with Gasteiger partial charge >= 0.3 is 0 Å². The van der Waals surface area contributed by atoms with Gasteiger partial charge in [-0.1, -0.05) is 32.0 Å². The average Bonchev–Trinajstić information content (AvgIpc) is 3.09. The lowest BCUT2D eigenvalue weighted by molar-refractivity contribution is -0.122. The Morgan fingerprint density at radius 3 is 2.59 bits per heavy atom. The third kappa shape index (κ3) is 4.13. The van der Waals surface area contributed by atoms with Gasteiger partial charge in [-0.2, -0.15) is 0 Å². The average molecular weight is 366 g/mol. The molecule has 5 heteroatoms. The summed E-state index contributed by atoms with van der Waals surface area (Å²) in [6.07, 6.45) is 1.23. The summed E-state index contributed by atoms with van der Waals surface area (Å²) in [4.78, 5) is 26.9. The second kappa shape index (κ2) is 8.25. The monoisotopic (exact) mass is 366 g/mol. The molecule has 1 heterocycles. The maximum atomic E-state index is 12.8. The van der Waals surface area contributed by atoms with Crippen molar-refractivity contribution in [1.29, 1.82) is 0 Å². The molecule has 0 unspecified atom stereocenters. The molecule has 0 saturated carbocycles. The van der Waals surface area contributed by atoms with Crippen LogP contribution in [0.1, 0.15) is 38.2 Å². The van der Waals surface area contributed by atoms with E-state index in [-0.39, 0.29) is 24.2 Å². The number of ether oxygens (including phenoxy) is 1. The zero-order chi connectivity index (χ0) is 19.4. The summed E-state index contributed by atoms with van der Waals surface area (Å²) in [5, 5.41) is 3.04. The lowest BCUT2D eigenvalue weighted by atomic mass is 9.96. The first kappa shape index (κ1) is 19.0. The van der Waals surface area contributed by atoms with Crippen LogP contribution in [0.4, 0.5) is 11.4 Å². The van der Waals surface area contributed by atoms with Gasteiger partial charge in [0.15, 0.2) is 0 Å². The first-order valence-corrected chi connectivity index (χ1v) is 9.37. The predicted molar refractivity (Wildman–Crippen MR) is 107 cm³/mol. The van der Waals surface area contributed by atoms with Crippen LogP contribution in [0.2, 0.25) is 0 Å². The molecule has 1 N–H and O–H groups in total. The number of nitrogens with zero attached hydrogens (tertiary/aromatic N) is 1. The number of amides is 2. The summed E-state index contributed by atoms with van der Waals surface area (Å²) in [6.45, 7) is 4.67. The summed E-state index contributed by atoms with van der Waals surface area (Å²) in [6, 6.07) is 15.2. The molecule has 2 aromatic carbocycles. The fourth-order valence-electron chi connectivity index (χ4n) is 3.39. The van der Waals surface area contributed by atoms with Crippen LogP contribution in [0, 0.1) is 5.92 Å². The number of para-hydroxylation sites is 1. The molecule has 0 bridgehead atoms. The number of hydrogen-bond donors (Lipinski definition) is 1. The highest BCUT2D eigenvalue weighted by Gasteiger charge is 2.35. The zero-order valence-electron chi connectivity index (χ0n) is 16.1. The molecule has 27 heavy (non-hydrogen) atoms. The van der Waals surface area contributed by atoms with Crippen LogP contribution in [0.25, 0.3) is 0 Å². The summed E-state index contributed by atoms with van der Waals surface area (Å²) in [5.41, 5.74) is 2.76. The highest BCUT2D eigenvalue weighted by atomic mass is 16.5. The van der Waals surface area contributed by atoms with Gasteiger partial charge < -0.3 is 15.0 Å². The van der Waals surface area contributed by atoms with Gasteiger partial charge in [-0.25, -0.2) is 0 Å². The summed E-state index contributed by atoms with van der Waals surface area (Å²) in [7, 11) is 1.60. The number of anilines is 2. The van der Waals surface area contributed by atoms with Crippen LogP contribution in [0.15, 0.2) is 48.5 Å². The van der Waals surface area contributed by atoms with Crippen molar-refractivity contribution in [3.63, 3.8) is 0 Å². The van der Waals surface area contributed by atoms with Crippen molar-refractivity contribution in [2.75, 3.05) is 23.9 Å². The van der Waals surface area contributed by atoms with E-state index in [1.165, 1.54) is 0 Å². The van der Waals surface area contributed by atoms with E-state index in [9.17, 15) is 9.59 Å². The topological polar surface area (TPSA) is 58.6 Å². The number of benzene rings is 2. The largest absolute Gasteiger partial charge is 0.497 e. The van der Waals surface area contributed by atoms with Crippen LogP contribution >= 0.6 is 0 Å². The first-order chi connectivity index (χ1) is 13.0. The van der Waals surface area contributed by atoms with Gasteiger partial charge in [0, 0.05) is 24.3 Å². The lowest BCUT2D eigenvalue weighted by Gasteiger charge is -2.18. The molecule has 2 aromatic rings. The van der Waals surface area contributed by atoms with E-state index in [2.05, 4.69) is 19.2 Å². The van der Waals surface area contributed by atoms with Crippen molar-refractivity contribution >= 4 is 23.2 Å². The van der Waals surface area contributed by atoms with Crippen LogP contribution in [-0.2, 0) is 9.59 Å². The van der Waals surface area contributed by atoms with Gasteiger partial charge in [-0.15, -0.1) is 0 Å². The maximum Gasteiger partial charge on any atom is 0.229 e. The Labute approximate surface area is 160 Å². The number of rotatable bonds is 6. The molecule has 1 aliphatic rings. The third-order valence-electron chi connectivity index (χ3n) is 5.24. The Kier molecular flexibility index (Phi) is 5.79. The highest BCUT2D eigenvalue weighted by Crippen LogP contribution is 2.30. The fourth-order valence-corrected chi connectivity index (χ4v) is 3.39. The maximum absolute atomic E-state index is 12.8. The molecule has 1 aliphatic heterocycles. The van der Waals surface area contributed by atoms with Crippen molar-refractivity contribution in [3.8, 4) is 5.75 Å². The minimum Gasteiger partial charge on any atom is -0.497 e. The van der Waals surface area contributed by atoms with E-state index in [1.54, 1.807) is 12.0 Å². The molecule has 0 spiro atoms. The zero-order valence-corrected chi connectivity index (χ0v) is 16.1. The fraction of sp³-hybridized carbons (Fsp3) is 0.364. The van der Waals surface area contributed by atoms with Gasteiger partial charge in [0.2, 0.25) is 11.8 Å². The Hall–Kier alpha value is -2.82. The van der Waals surface area contributed by atoms with E-state index in [1.807, 2.05) is 48.5 Å². The minimum atomic E-state index is -0.357. The molecule has 0 aromatic heterocycles. The number of hydrogen-bond acceptors (Lipinski definition) is 3. The normalized spacial score (nSPS) is 17.7. The molecule has 142 valence electrons. The van der Waals surface area contributed by atoms with Gasteiger partial charge in [-0.3, -0.25) is 9.59 Å². The van der Waals surface area contributed by atoms with Crippen LogP contribution in [-0.4, -0.2) is 25.5 Å². The van der Waals surface area contributed by atoms with Gasteiger partial charge in [0.1, 0.15) is 5.75 Å². The molecule has 2 atom stereocenters. The second-order valence-electron chi connectivity index (χ2n) is 6.99. The first-order valence-electron chi connectivity index (χ1n) is 9.37. The molecular weight excluding hydrogens is 340 g/mol. The van der Waals surface area contributed by atoms with E-state index in [4.69, 9.17) is 4.74 Å². The Morgan fingerprint density at radius 1 is 1.22 bits per heavy atom. The van der Waals surface area contributed by atoms with Crippen LogP contribution in [0.3, 0.4) is 0 Å². The molecule has 2 amide bonds. The number of carbonyl (C=O) groups is 2. The Morgan fingerprint density at radius 2 is 1.93 bits per heavy atom. The van der Waals surface area contributed by atoms with Crippen molar-refractivity contribution < 1.29 is 14.3 Å². The smallest absolute Gasteiger partial charge is 0.229 e. The van der Waals surface area contributed by atoms with Crippen molar-refractivity contribution in [2.45, 2.75) is 32.6 Å². The van der Waals surface area contributed by atoms with E-state index in [0.717, 1.165) is 29.1 Å². The van der Waals surface area contributed by atoms with Gasteiger partial charge in [-0.05, 0) is 48.2 Å². The number of methoxy groups -OCH3 is 1. The Bertz CT molecular complexity index is 817. The van der Waals surface area contributed by atoms with Gasteiger partial charge in [0.25, 0.3) is 0 Å². The minimum absolute atomic E-state index is 0.0319. The highest BCUT2D eigenvalue weighted by molar-refractivity contribution is 6.03. The molecule has 3 rings (SSSR count). The number of nitrogens with one attached hydrogen (secondary N) is 1. The van der Waals surface area contributed by atoms with E-state index >= 15 is 0 Å². The lowest BCUT2D eigenvalue weighted by Crippen LogP contribution is -2.28.